The van der Waals surface area contributed by atoms with Gasteiger partial charge >= 0.3 is 5.97 Å². The molecule has 158 valence electrons. The van der Waals surface area contributed by atoms with E-state index in [0.717, 1.165) is 54.0 Å². The molecule has 1 saturated heterocycles. The number of likely N-dealkylation sites (tertiary alicyclic amines) is 1. The number of ether oxygens (including phenoxy) is 2. The number of carbonyl (C=O) groups excluding carboxylic acids is 1. The molecule has 2 N–H and O–H groups in total. The van der Waals surface area contributed by atoms with Crippen LogP contribution in [-0.4, -0.2) is 53.8 Å². The molecule has 1 aliphatic heterocycles. The topological polar surface area (TPSA) is 74.8 Å². The molecule has 0 unspecified atom stereocenters. The number of benzene rings is 2. The van der Waals surface area contributed by atoms with E-state index in [1.165, 1.54) is 0 Å². The smallest absolute Gasteiger partial charge is 0.340 e. The highest BCUT2D eigenvalue weighted by molar-refractivity contribution is 6.05. The molecule has 0 aliphatic carbocycles. The Labute approximate surface area is 176 Å². The van der Waals surface area contributed by atoms with Gasteiger partial charge in [-0.05, 0) is 49.6 Å². The fraction of sp³-hybridized carbons (Fsp3) is 0.375. The summed E-state index contributed by atoms with van der Waals surface area (Å²) in [5, 5.41) is 10.1. The van der Waals surface area contributed by atoms with Gasteiger partial charge in [0.1, 0.15) is 19.0 Å². The molecule has 0 saturated carbocycles. The van der Waals surface area contributed by atoms with E-state index >= 15 is 0 Å². The van der Waals surface area contributed by atoms with Crippen LogP contribution in [0, 0.1) is 12.8 Å². The first-order valence-electron chi connectivity index (χ1n) is 10.4. The van der Waals surface area contributed by atoms with Gasteiger partial charge in [-0.15, -0.1) is 0 Å². The van der Waals surface area contributed by atoms with E-state index in [1.807, 2.05) is 55.5 Å². The molecular formula is C24H28N2O4. The highest BCUT2D eigenvalue weighted by Gasteiger charge is 2.21. The molecule has 6 nitrogen and oxygen atoms in total. The number of esters is 1. The molecule has 0 bridgehead atoms. The minimum atomic E-state index is -0.341. The number of rotatable bonds is 8. The lowest BCUT2D eigenvalue weighted by Crippen LogP contribution is -2.26. The molecule has 1 atom stereocenters. The van der Waals surface area contributed by atoms with E-state index in [4.69, 9.17) is 9.47 Å². The number of hydrogen-bond donors (Lipinski definition) is 2. The molecule has 2 aromatic carbocycles. The Hall–Kier alpha value is -2.83. The van der Waals surface area contributed by atoms with Crippen molar-refractivity contribution >= 4 is 16.9 Å². The number of nitrogens with zero attached hydrogens (tertiary/aromatic N) is 1. The number of aryl methyl sites for hydroxylation is 1. The van der Waals surface area contributed by atoms with Gasteiger partial charge in [0.05, 0.1) is 5.56 Å². The van der Waals surface area contributed by atoms with Crippen LogP contribution in [0.4, 0.5) is 0 Å². The third-order valence-electron chi connectivity index (χ3n) is 5.68. The molecule has 0 spiro atoms. The van der Waals surface area contributed by atoms with Crippen molar-refractivity contribution in [3.63, 3.8) is 0 Å². The molecule has 0 radical (unpaired) electrons. The van der Waals surface area contributed by atoms with Crippen molar-refractivity contribution in [2.24, 2.45) is 5.92 Å². The average molecular weight is 408 g/mol. The second kappa shape index (κ2) is 9.32. The van der Waals surface area contributed by atoms with E-state index in [-0.39, 0.29) is 19.2 Å². The van der Waals surface area contributed by atoms with Crippen LogP contribution < -0.4 is 4.74 Å². The summed E-state index contributed by atoms with van der Waals surface area (Å²) < 4.78 is 11.5. The first kappa shape index (κ1) is 20.4. The number of H-pyrrole nitrogens is 1. The number of hydrogen-bond acceptors (Lipinski definition) is 5. The van der Waals surface area contributed by atoms with E-state index < -0.39 is 0 Å². The Morgan fingerprint density at radius 3 is 2.83 bits per heavy atom. The van der Waals surface area contributed by atoms with Gasteiger partial charge in [0.15, 0.2) is 0 Å². The quantitative estimate of drug-likeness (QED) is 0.558. The van der Waals surface area contributed by atoms with E-state index in [9.17, 15) is 9.90 Å². The SMILES string of the molecule is Cc1[nH]c2ccc(OCCN3CC[C@@H](CO)C3)cc2c1C(=O)OCc1ccccc1. The monoisotopic (exact) mass is 408 g/mol. The maximum Gasteiger partial charge on any atom is 0.340 e. The van der Waals surface area contributed by atoms with Crippen molar-refractivity contribution in [3.8, 4) is 5.75 Å². The molecule has 3 aromatic rings. The summed E-state index contributed by atoms with van der Waals surface area (Å²) in [6, 6.07) is 15.4. The molecule has 0 amide bonds. The number of aliphatic hydroxyl groups excluding tert-OH is 1. The lowest BCUT2D eigenvalue weighted by molar-refractivity contribution is 0.0474. The summed E-state index contributed by atoms with van der Waals surface area (Å²) in [7, 11) is 0. The van der Waals surface area contributed by atoms with Gasteiger partial charge in [-0.25, -0.2) is 4.79 Å². The second-order valence-corrected chi connectivity index (χ2v) is 7.88. The van der Waals surface area contributed by atoms with Crippen LogP contribution in [0.2, 0.25) is 0 Å². The normalized spacial score (nSPS) is 16.8. The summed E-state index contributed by atoms with van der Waals surface area (Å²) in [4.78, 5) is 18.3. The highest BCUT2D eigenvalue weighted by Crippen LogP contribution is 2.27. The largest absolute Gasteiger partial charge is 0.492 e. The Balaban J connectivity index is 1.41. The summed E-state index contributed by atoms with van der Waals surface area (Å²) in [6.45, 7) is 5.70. The standard InChI is InChI=1S/C24H28N2O4/c1-17-23(24(28)30-16-18-5-3-2-4-6-18)21-13-20(7-8-22(21)25-17)29-12-11-26-10-9-19(14-26)15-27/h2-8,13,19,25,27H,9-12,14-16H2,1H3/t19-/m1/s1. The van der Waals surface area contributed by atoms with Gasteiger partial charge < -0.3 is 19.6 Å². The molecule has 2 heterocycles. The number of carbonyl (C=O) groups is 1. The molecule has 1 fully saturated rings. The van der Waals surface area contributed by atoms with Crippen molar-refractivity contribution in [3.05, 3.63) is 65.4 Å². The van der Waals surface area contributed by atoms with Crippen molar-refractivity contribution in [1.29, 1.82) is 0 Å². The van der Waals surface area contributed by atoms with Gasteiger partial charge in [0, 0.05) is 36.3 Å². The summed E-state index contributed by atoms with van der Waals surface area (Å²) in [6.07, 6.45) is 1.04. The molecule has 30 heavy (non-hydrogen) atoms. The zero-order chi connectivity index (χ0) is 20.9. The molecule has 1 aliphatic rings. The number of aromatic amines is 1. The van der Waals surface area contributed by atoms with Crippen LogP contribution in [0.25, 0.3) is 10.9 Å². The van der Waals surface area contributed by atoms with Crippen LogP contribution in [-0.2, 0) is 11.3 Å². The summed E-state index contributed by atoms with van der Waals surface area (Å²) in [5.74, 6) is 0.775. The van der Waals surface area contributed by atoms with Gasteiger partial charge in [-0.3, -0.25) is 4.90 Å². The Bertz CT molecular complexity index is 999. The van der Waals surface area contributed by atoms with Crippen LogP contribution in [0.3, 0.4) is 0 Å². The van der Waals surface area contributed by atoms with Gasteiger partial charge in [0.2, 0.25) is 0 Å². The number of aliphatic hydroxyl groups is 1. The Kier molecular flexibility index (Phi) is 6.35. The van der Waals surface area contributed by atoms with E-state index in [2.05, 4.69) is 9.88 Å². The van der Waals surface area contributed by atoms with E-state index in [1.54, 1.807) is 0 Å². The van der Waals surface area contributed by atoms with Crippen LogP contribution in [0.5, 0.6) is 5.75 Å². The van der Waals surface area contributed by atoms with Crippen molar-refractivity contribution in [1.82, 2.24) is 9.88 Å². The number of nitrogens with one attached hydrogen (secondary N) is 1. The van der Waals surface area contributed by atoms with Gasteiger partial charge in [-0.1, -0.05) is 30.3 Å². The van der Waals surface area contributed by atoms with Crippen molar-refractivity contribution < 1.29 is 19.4 Å². The van der Waals surface area contributed by atoms with Gasteiger partial charge in [0.25, 0.3) is 0 Å². The molecule has 6 heteroatoms. The predicted octanol–water partition coefficient (Wildman–Crippen LogP) is 3.53. The zero-order valence-electron chi connectivity index (χ0n) is 17.3. The fourth-order valence-electron chi connectivity index (χ4n) is 4.01. The number of fused-ring (bicyclic) bond motifs is 1. The molecule has 4 rings (SSSR count). The molecular weight excluding hydrogens is 380 g/mol. The number of aromatic nitrogens is 1. The van der Waals surface area contributed by atoms with Crippen LogP contribution in [0.15, 0.2) is 48.5 Å². The third kappa shape index (κ3) is 4.66. The van der Waals surface area contributed by atoms with Crippen molar-refractivity contribution in [2.75, 3.05) is 32.8 Å². The third-order valence-corrected chi connectivity index (χ3v) is 5.68. The molecule has 1 aromatic heterocycles. The fourth-order valence-corrected chi connectivity index (χ4v) is 4.01. The van der Waals surface area contributed by atoms with Crippen LogP contribution >= 0.6 is 0 Å². The van der Waals surface area contributed by atoms with Gasteiger partial charge in [-0.2, -0.15) is 0 Å². The summed E-state index contributed by atoms with van der Waals surface area (Å²) in [5.41, 5.74) is 3.18. The average Bonchev–Trinajstić information content (AvgIpc) is 3.36. The first-order chi connectivity index (χ1) is 14.6. The first-order valence-corrected chi connectivity index (χ1v) is 10.4. The maximum atomic E-state index is 12.8. The lowest BCUT2D eigenvalue weighted by atomic mass is 10.1. The predicted molar refractivity (Wildman–Crippen MR) is 116 cm³/mol. The lowest BCUT2D eigenvalue weighted by Gasteiger charge is -2.16. The zero-order valence-corrected chi connectivity index (χ0v) is 17.3. The Morgan fingerprint density at radius 1 is 1.23 bits per heavy atom. The summed E-state index contributed by atoms with van der Waals surface area (Å²) >= 11 is 0. The Morgan fingerprint density at radius 2 is 2.07 bits per heavy atom. The highest BCUT2D eigenvalue weighted by atomic mass is 16.5. The minimum Gasteiger partial charge on any atom is -0.492 e. The van der Waals surface area contributed by atoms with E-state index in [0.29, 0.717) is 18.1 Å². The van der Waals surface area contributed by atoms with Crippen LogP contribution in [0.1, 0.15) is 28.0 Å². The maximum absolute atomic E-state index is 12.8. The second-order valence-electron chi connectivity index (χ2n) is 7.88. The van der Waals surface area contributed by atoms with Crippen molar-refractivity contribution in [2.45, 2.75) is 20.0 Å². The minimum absolute atomic E-state index is 0.243.